The van der Waals surface area contributed by atoms with Crippen molar-refractivity contribution < 1.29 is 0 Å². The highest BCUT2D eigenvalue weighted by Crippen LogP contribution is 2.14. The molecule has 0 bridgehead atoms. The predicted molar refractivity (Wildman–Crippen MR) is 42.9 cm³/mol. The van der Waals surface area contributed by atoms with Crippen LogP contribution < -0.4 is 0 Å². The maximum Gasteiger partial charge on any atom is 0.133 e. The fourth-order valence-corrected chi connectivity index (χ4v) is 0.886. The molecule has 0 spiro atoms. The first kappa shape index (κ1) is 7.35. The van der Waals surface area contributed by atoms with E-state index < -0.39 is 0 Å². The van der Waals surface area contributed by atoms with Gasteiger partial charge >= 0.3 is 0 Å². The average Bonchev–Trinajstić information content (AvgIpc) is 2.20. The summed E-state index contributed by atoms with van der Waals surface area (Å²) in [7, 11) is 1.81. The van der Waals surface area contributed by atoms with Gasteiger partial charge in [0.15, 0.2) is 0 Å². The Bertz CT molecular complexity index is 250. The van der Waals surface area contributed by atoms with Crippen molar-refractivity contribution in [2.45, 2.75) is 6.92 Å². The quantitative estimate of drug-likeness (QED) is 0.609. The molecule has 1 aromatic rings. The van der Waals surface area contributed by atoms with Crippen molar-refractivity contribution in [2.75, 3.05) is 0 Å². The van der Waals surface area contributed by atoms with Crippen LogP contribution in [0.25, 0.3) is 6.08 Å². The normalized spacial score (nSPS) is 11.1. The van der Waals surface area contributed by atoms with Gasteiger partial charge in [0.05, 0.1) is 6.20 Å². The Hall–Kier alpha value is -0.760. The SMILES string of the molecule is C/C=C/c1cnn(C)c1Cl. The molecular formula is C7H9ClN2. The molecule has 0 unspecified atom stereocenters. The second-order valence-corrected chi connectivity index (χ2v) is 2.37. The van der Waals surface area contributed by atoms with Gasteiger partial charge in [0.2, 0.25) is 0 Å². The first-order valence-electron chi connectivity index (χ1n) is 3.06. The molecular weight excluding hydrogens is 148 g/mol. The molecule has 0 fully saturated rings. The maximum atomic E-state index is 5.84. The standard InChI is InChI=1S/C7H9ClN2/c1-3-4-6-5-9-10(2)7(6)8/h3-5H,1-2H3/b4-3+. The van der Waals surface area contributed by atoms with Gasteiger partial charge in [-0.25, -0.2) is 0 Å². The first-order chi connectivity index (χ1) is 4.75. The third-order valence-corrected chi connectivity index (χ3v) is 1.70. The van der Waals surface area contributed by atoms with E-state index in [9.17, 15) is 0 Å². The van der Waals surface area contributed by atoms with Crippen molar-refractivity contribution in [2.24, 2.45) is 7.05 Å². The highest BCUT2D eigenvalue weighted by atomic mass is 35.5. The van der Waals surface area contributed by atoms with Crippen LogP contribution in [0.2, 0.25) is 5.15 Å². The zero-order chi connectivity index (χ0) is 7.56. The Morgan fingerprint density at radius 3 is 2.80 bits per heavy atom. The van der Waals surface area contributed by atoms with Crippen molar-refractivity contribution in [3.63, 3.8) is 0 Å². The van der Waals surface area contributed by atoms with Crippen molar-refractivity contribution in [1.82, 2.24) is 9.78 Å². The lowest BCUT2D eigenvalue weighted by Gasteiger charge is -1.89. The minimum absolute atomic E-state index is 0.679. The summed E-state index contributed by atoms with van der Waals surface area (Å²) in [5.74, 6) is 0. The van der Waals surface area contributed by atoms with Gasteiger partial charge in [0.25, 0.3) is 0 Å². The zero-order valence-corrected chi connectivity index (χ0v) is 6.76. The maximum absolute atomic E-state index is 5.84. The number of aryl methyl sites for hydroxylation is 1. The van der Waals surface area contributed by atoms with Crippen LogP contribution in [-0.4, -0.2) is 9.78 Å². The van der Waals surface area contributed by atoms with Crippen LogP contribution in [0.5, 0.6) is 0 Å². The van der Waals surface area contributed by atoms with Crippen LogP contribution in [0, 0.1) is 0 Å². The fraction of sp³-hybridized carbons (Fsp3) is 0.286. The summed E-state index contributed by atoms with van der Waals surface area (Å²) < 4.78 is 1.64. The molecule has 0 aliphatic rings. The van der Waals surface area contributed by atoms with Crippen LogP contribution >= 0.6 is 11.6 Å². The molecule has 0 radical (unpaired) electrons. The Labute approximate surface area is 65.1 Å². The van der Waals surface area contributed by atoms with E-state index in [-0.39, 0.29) is 0 Å². The summed E-state index contributed by atoms with van der Waals surface area (Å²) in [5, 5.41) is 4.65. The smallest absolute Gasteiger partial charge is 0.133 e. The van der Waals surface area contributed by atoms with Gasteiger partial charge < -0.3 is 0 Å². The topological polar surface area (TPSA) is 17.8 Å². The van der Waals surface area contributed by atoms with Crippen LogP contribution in [-0.2, 0) is 7.05 Å². The number of halogens is 1. The van der Waals surface area contributed by atoms with E-state index in [4.69, 9.17) is 11.6 Å². The molecule has 0 aliphatic carbocycles. The highest BCUT2D eigenvalue weighted by molar-refractivity contribution is 6.31. The largest absolute Gasteiger partial charge is 0.256 e. The van der Waals surface area contributed by atoms with Gasteiger partial charge in [-0.05, 0) is 6.92 Å². The second kappa shape index (κ2) is 2.88. The molecule has 3 heteroatoms. The molecule has 0 aliphatic heterocycles. The van der Waals surface area contributed by atoms with Crippen LogP contribution in [0.4, 0.5) is 0 Å². The number of aromatic nitrogens is 2. The Balaban J connectivity index is 3.05. The van der Waals surface area contributed by atoms with E-state index in [2.05, 4.69) is 5.10 Å². The van der Waals surface area contributed by atoms with E-state index in [0.29, 0.717) is 5.15 Å². The monoisotopic (exact) mass is 156 g/mol. The first-order valence-corrected chi connectivity index (χ1v) is 3.43. The summed E-state index contributed by atoms with van der Waals surface area (Å²) in [6, 6.07) is 0. The van der Waals surface area contributed by atoms with Crippen LogP contribution in [0.15, 0.2) is 12.3 Å². The lowest BCUT2D eigenvalue weighted by Crippen LogP contribution is -1.87. The molecule has 0 amide bonds. The van der Waals surface area contributed by atoms with Crippen molar-refractivity contribution in [3.8, 4) is 0 Å². The van der Waals surface area contributed by atoms with Gasteiger partial charge in [-0.1, -0.05) is 23.8 Å². The molecule has 10 heavy (non-hydrogen) atoms. The van der Waals surface area contributed by atoms with Crippen LogP contribution in [0.1, 0.15) is 12.5 Å². The third kappa shape index (κ3) is 1.21. The molecule has 54 valence electrons. The number of allylic oxidation sites excluding steroid dienone is 1. The summed E-state index contributed by atoms with van der Waals surface area (Å²) in [5.41, 5.74) is 0.965. The lowest BCUT2D eigenvalue weighted by molar-refractivity contribution is 0.768. The summed E-state index contributed by atoms with van der Waals surface area (Å²) in [4.78, 5) is 0. The molecule has 1 aromatic heterocycles. The molecule has 0 atom stereocenters. The second-order valence-electron chi connectivity index (χ2n) is 2.01. The van der Waals surface area contributed by atoms with E-state index >= 15 is 0 Å². The Morgan fingerprint density at radius 2 is 2.40 bits per heavy atom. The van der Waals surface area contributed by atoms with E-state index in [1.165, 1.54) is 0 Å². The highest BCUT2D eigenvalue weighted by Gasteiger charge is 1.99. The molecule has 2 nitrogen and oxygen atoms in total. The molecule has 0 N–H and O–H groups in total. The van der Waals surface area contributed by atoms with E-state index in [1.54, 1.807) is 10.9 Å². The molecule has 1 rings (SSSR count). The fourth-order valence-electron chi connectivity index (χ4n) is 0.731. The van der Waals surface area contributed by atoms with Crippen LogP contribution in [0.3, 0.4) is 0 Å². The lowest BCUT2D eigenvalue weighted by atomic mass is 10.3. The number of rotatable bonds is 1. The number of hydrogen-bond donors (Lipinski definition) is 0. The average molecular weight is 157 g/mol. The third-order valence-electron chi connectivity index (χ3n) is 1.24. The van der Waals surface area contributed by atoms with Gasteiger partial charge in [0.1, 0.15) is 5.15 Å². The van der Waals surface area contributed by atoms with Gasteiger partial charge in [-0.15, -0.1) is 0 Å². The minimum atomic E-state index is 0.679. The molecule has 0 saturated carbocycles. The van der Waals surface area contributed by atoms with Crippen molar-refractivity contribution >= 4 is 17.7 Å². The Morgan fingerprint density at radius 1 is 1.70 bits per heavy atom. The molecule has 0 aromatic carbocycles. The summed E-state index contributed by atoms with van der Waals surface area (Å²) in [6.07, 6.45) is 5.60. The predicted octanol–water partition coefficient (Wildman–Crippen LogP) is 2.11. The number of nitrogens with zero attached hydrogens (tertiary/aromatic N) is 2. The Kier molecular flexibility index (Phi) is 2.12. The summed E-state index contributed by atoms with van der Waals surface area (Å²) >= 11 is 5.84. The molecule has 1 heterocycles. The minimum Gasteiger partial charge on any atom is -0.256 e. The van der Waals surface area contributed by atoms with Gasteiger partial charge in [-0.3, -0.25) is 4.68 Å². The summed E-state index contributed by atoms with van der Waals surface area (Å²) in [6.45, 7) is 1.95. The zero-order valence-electron chi connectivity index (χ0n) is 6.00. The van der Waals surface area contributed by atoms with Crippen molar-refractivity contribution in [1.29, 1.82) is 0 Å². The van der Waals surface area contributed by atoms with Crippen molar-refractivity contribution in [3.05, 3.63) is 23.0 Å². The van der Waals surface area contributed by atoms with E-state index in [0.717, 1.165) is 5.56 Å². The van der Waals surface area contributed by atoms with Gasteiger partial charge in [-0.2, -0.15) is 5.10 Å². The molecule has 0 saturated heterocycles. The van der Waals surface area contributed by atoms with Gasteiger partial charge in [0, 0.05) is 12.6 Å². The van der Waals surface area contributed by atoms with E-state index in [1.807, 2.05) is 26.1 Å². The number of hydrogen-bond acceptors (Lipinski definition) is 1.